The molecule has 1 heterocycles. The van der Waals surface area contributed by atoms with Crippen LogP contribution in [0.5, 0.6) is 0 Å². The van der Waals surface area contributed by atoms with Crippen molar-refractivity contribution < 1.29 is 9.59 Å². The summed E-state index contributed by atoms with van der Waals surface area (Å²) < 4.78 is 0. The first-order valence-electron chi connectivity index (χ1n) is 8.02. The molecule has 3 nitrogen and oxygen atoms in total. The molecule has 1 aliphatic heterocycles. The number of imide groups is 1. The highest BCUT2D eigenvalue weighted by Gasteiger charge is 2.69. The van der Waals surface area contributed by atoms with Gasteiger partial charge in [-0.3, -0.25) is 14.5 Å². The van der Waals surface area contributed by atoms with Crippen LogP contribution in [0, 0.1) is 35.5 Å². The number of hydrogen-bond acceptors (Lipinski definition) is 2. The van der Waals surface area contributed by atoms with Gasteiger partial charge in [-0.25, -0.2) is 0 Å². The third-order valence-corrected chi connectivity index (χ3v) is 6.63. The highest BCUT2D eigenvalue weighted by atomic mass is 16.2. The van der Waals surface area contributed by atoms with Crippen LogP contribution in [0.4, 0.5) is 0 Å². The second kappa shape index (κ2) is 3.83. The van der Waals surface area contributed by atoms with Crippen molar-refractivity contribution in [3.8, 4) is 0 Å². The van der Waals surface area contributed by atoms with Crippen LogP contribution in [0.25, 0.3) is 0 Å². The minimum absolute atomic E-state index is 0.00315. The van der Waals surface area contributed by atoms with Gasteiger partial charge >= 0.3 is 0 Å². The van der Waals surface area contributed by atoms with Gasteiger partial charge in [0.1, 0.15) is 0 Å². The summed E-state index contributed by atoms with van der Waals surface area (Å²) in [5.74, 6) is 3.39. The van der Waals surface area contributed by atoms with Gasteiger partial charge in [0.05, 0.1) is 12.0 Å². The molecule has 4 fully saturated rings. The summed E-state index contributed by atoms with van der Waals surface area (Å²) in [5.41, 5.74) is 0. The van der Waals surface area contributed by atoms with E-state index in [1.54, 1.807) is 4.90 Å². The monoisotopic (exact) mass is 261 g/mol. The minimum atomic E-state index is 0.00315. The number of nitrogens with zero attached hydrogens (tertiary/aromatic N) is 1. The fraction of sp³-hybridized carbons (Fsp3) is 0.875. The van der Waals surface area contributed by atoms with Crippen LogP contribution in [0.15, 0.2) is 0 Å². The third-order valence-electron chi connectivity index (χ3n) is 6.63. The molecule has 19 heavy (non-hydrogen) atoms. The molecule has 104 valence electrons. The zero-order valence-electron chi connectivity index (χ0n) is 11.8. The summed E-state index contributed by atoms with van der Waals surface area (Å²) in [7, 11) is 0. The standard InChI is InChI=1S/C16H23NO2/c1-3-8(2)15(18)17-14-12-7-11(13(14)16(17)19)9-5-4-6-10(9)12/h8-14H,3-7H2,1-2H3. The Balaban J connectivity index is 1.60. The van der Waals surface area contributed by atoms with Crippen LogP contribution in [-0.2, 0) is 9.59 Å². The Labute approximate surface area is 114 Å². The number of fused-ring (bicyclic) bond motifs is 8. The van der Waals surface area contributed by atoms with E-state index in [0.29, 0.717) is 17.9 Å². The Morgan fingerprint density at radius 2 is 1.95 bits per heavy atom. The Kier molecular flexibility index (Phi) is 2.40. The maximum Gasteiger partial charge on any atom is 0.234 e. The largest absolute Gasteiger partial charge is 0.278 e. The van der Waals surface area contributed by atoms with E-state index in [9.17, 15) is 9.59 Å². The van der Waals surface area contributed by atoms with E-state index in [2.05, 4.69) is 0 Å². The number of amides is 2. The van der Waals surface area contributed by atoms with Gasteiger partial charge < -0.3 is 0 Å². The summed E-state index contributed by atoms with van der Waals surface area (Å²) in [6.45, 7) is 3.98. The SMILES string of the molecule is CCC(C)C(=O)N1C(=O)C2C3CC(C4CCCC43)C21. The van der Waals surface area contributed by atoms with E-state index in [4.69, 9.17) is 0 Å². The predicted octanol–water partition coefficient (Wildman–Crippen LogP) is 2.45. The van der Waals surface area contributed by atoms with Crippen LogP contribution in [0.2, 0.25) is 0 Å². The molecule has 2 bridgehead atoms. The van der Waals surface area contributed by atoms with E-state index < -0.39 is 0 Å². The van der Waals surface area contributed by atoms with Crippen molar-refractivity contribution >= 4 is 11.8 Å². The summed E-state index contributed by atoms with van der Waals surface area (Å²) in [6.07, 6.45) is 6.08. The lowest BCUT2D eigenvalue weighted by molar-refractivity contribution is -0.175. The number of rotatable bonds is 2. The summed E-state index contributed by atoms with van der Waals surface area (Å²) in [5, 5.41) is 0. The van der Waals surface area contributed by atoms with Gasteiger partial charge in [-0.1, -0.05) is 20.3 Å². The molecule has 7 atom stereocenters. The second-order valence-corrected chi connectivity index (χ2v) is 7.19. The van der Waals surface area contributed by atoms with Gasteiger partial charge in [-0.15, -0.1) is 0 Å². The van der Waals surface area contributed by atoms with Crippen molar-refractivity contribution in [2.75, 3.05) is 0 Å². The lowest BCUT2D eigenvalue weighted by Gasteiger charge is -2.52. The van der Waals surface area contributed by atoms with Gasteiger partial charge in [-0.2, -0.15) is 0 Å². The molecule has 4 rings (SSSR count). The van der Waals surface area contributed by atoms with Gasteiger partial charge in [-0.05, 0) is 49.4 Å². The minimum Gasteiger partial charge on any atom is -0.278 e. The zero-order chi connectivity index (χ0) is 13.3. The molecular formula is C16H23NO2. The van der Waals surface area contributed by atoms with E-state index in [0.717, 1.165) is 18.3 Å². The summed E-state index contributed by atoms with van der Waals surface area (Å²) in [4.78, 5) is 26.4. The first-order chi connectivity index (χ1) is 9.15. The maximum absolute atomic E-state index is 12.4. The van der Waals surface area contributed by atoms with Crippen LogP contribution in [0.1, 0.15) is 46.0 Å². The third kappa shape index (κ3) is 1.29. The van der Waals surface area contributed by atoms with Crippen LogP contribution >= 0.6 is 0 Å². The highest BCUT2D eigenvalue weighted by Crippen LogP contribution is 2.65. The van der Waals surface area contributed by atoms with Crippen molar-refractivity contribution in [3.63, 3.8) is 0 Å². The van der Waals surface area contributed by atoms with E-state index in [1.165, 1.54) is 25.7 Å². The van der Waals surface area contributed by atoms with E-state index >= 15 is 0 Å². The van der Waals surface area contributed by atoms with E-state index in [-0.39, 0.29) is 23.7 Å². The average molecular weight is 261 g/mol. The topological polar surface area (TPSA) is 37.4 Å². The molecule has 0 aromatic rings. The van der Waals surface area contributed by atoms with Crippen molar-refractivity contribution in [2.24, 2.45) is 35.5 Å². The molecule has 0 aromatic heterocycles. The summed E-state index contributed by atoms with van der Waals surface area (Å²) >= 11 is 0. The number of β-lactam (4-membered cyclic amide) rings is 1. The lowest BCUT2D eigenvalue weighted by atomic mass is 9.67. The normalized spacial score (nSPS) is 47.9. The lowest BCUT2D eigenvalue weighted by Crippen LogP contribution is -2.67. The Morgan fingerprint density at radius 1 is 1.26 bits per heavy atom. The van der Waals surface area contributed by atoms with Gasteiger partial charge in [0.15, 0.2) is 0 Å². The zero-order valence-corrected chi connectivity index (χ0v) is 11.8. The van der Waals surface area contributed by atoms with E-state index in [1.807, 2.05) is 13.8 Å². The van der Waals surface area contributed by atoms with Crippen molar-refractivity contribution in [1.29, 1.82) is 0 Å². The highest BCUT2D eigenvalue weighted by molar-refractivity contribution is 6.03. The average Bonchev–Trinajstić information content (AvgIpc) is 3.05. The fourth-order valence-corrected chi connectivity index (χ4v) is 5.64. The van der Waals surface area contributed by atoms with Crippen molar-refractivity contribution in [1.82, 2.24) is 4.90 Å². The molecule has 3 heteroatoms. The molecule has 1 saturated heterocycles. The Bertz CT molecular complexity index is 446. The molecule has 0 N–H and O–H groups in total. The molecule has 7 unspecified atom stereocenters. The Hall–Kier alpha value is -0.860. The van der Waals surface area contributed by atoms with Crippen LogP contribution in [-0.4, -0.2) is 22.8 Å². The molecule has 0 spiro atoms. The molecule has 0 radical (unpaired) electrons. The van der Waals surface area contributed by atoms with Crippen molar-refractivity contribution in [3.05, 3.63) is 0 Å². The quantitative estimate of drug-likeness (QED) is 0.716. The second-order valence-electron chi connectivity index (χ2n) is 7.19. The smallest absolute Gasteiger partial charge is 0.234 e. The molecule has 2 amide bonds. The van der Waals surface area contributed by atoms with Crippen molar-refractivity contribution in [2.45, 2.75) is 52.0 Å². The van der Waals surface area contributed by atoms with Crippen LogP contribution in [0.3, 0.4) is 0 Å². The number of carbonyl (C=O) groups is 2. The molecular weight excluding hydrogens is 238 g/mol. The predicted molar refractivity (Wildman–Crippen MR) is 71.0 cm³/mol. The number of carbonyl (C=O) groups excluding carboxylic acids is 2. The Morgan fingerprint density at radius 3 is 2.63 bits per heavy atom. The maximum atomic E-state index is 12.4. The molecule has 3 aliphatic carbocycles. The first kappa shape index (κ1) is 11.9. The van der Waals surface area contributed by atoms with Crippen LogP contribution < -0.4 is 0 Å². The van der Waals surface area contributed by atoms with Gasteiger partial charge in [0, 0.05) is 5.92 Å². The number of likely N-dealkylation sites (tertiary alicyclic amines) is 1. The molecule has 4 aliphatic rings. The van der Waals surface area contributed by atoms with Gasteiger partial charge in [0.2, 0.25) is 11.8 Å². The number of hydrogen-bond donors (Lipinski definition) is 0. The molecule has 0 aromatic carbocycles. The summed E-state index contributed by atoms with van der Waals surface area (Å²) in [6, 6.07) is 0.290. The molecule has 3 saturated carbocycles. The first-order valence-corrected chi connectivity index (χ1v) is 8.02. The van der Waals surface area contributed by atoms with Gasteiger partial charge in [0.25, 0.3) is 0 Å². The fourth-order valence-electron chi connectivity index (χ4n) is 5.64.